The quantitative estimate of drug-likeness (QED) is 0.189. The maximum Gasteiger partial charge on any atom is 0.160 e. The fourth-order valence-corrected chi connectivity index (χ4v) is 7.57. The molecule has 0 amide bonds. The first-order valence-electron chi connectivity index (χ1n) is 18.3. The molecule has 1 aliphatic heterocycles. The van der Waals surface area contributed by atoms with Gasteiger partial charge in [0.1, 0.15) is 5.84 Å². The lowest BCUT2D eigenvalue weighted by atomic mass is 9.92. The number of rotatable bonds is 6. The molecule has 9 aromatic rings. The molecule has 2 heterocycles. The Labute approximate surface area is 314 Å². The molecule has 1 aromatic heterocycles. The first-order valence-corrected chi connectivity index (χ1v) is 18.3. The third kappa shape index (κ3) is 5.90. The minimum atomic E-state index is -0.0388. The van der Waals surface area contributed by atoms with E-state index in [9.17, 15) is 0 Å². The van der Waals surface area contributed by atoms with Crippen LogP contribution in [-0.4, -0.2) is 15.8 Å². The summed E-state index contributed by atoms with van der Waals surface area (Å²) in [5.41, 5.74) is 13.0. The second-order valence-corrected chi connectivity index (χ2v) is 13.7. The number of hydrogen-bond acceptors (Lipinski definition) is 4. The number of amidine groups is 1. The van der Waals surface area contributed by atoms with Crippen molar-refractivity contribution in [1.82, 2.24) is 15.3 Å². The lowest BCUT2D eigenvalue weighted by molar-refractivity contribution is 0.750. The van der Waals surface area contributed by atoms with Crippen LogP contribution in [0.4, 0.5) is 5.69 Å². The normalized spacial score (nSPS) is 13.6. The van der Waals surface area contributed by atoms with Gasteiger partial charge in [-0.05, 0) is 75.0 Å². The molecule has 0 radical (unpaired) electrons. The largest absolute Gasteiger partial charge is 0.359 e. The Hall–Kier alpha value is -7.17. The third-order valence-electron chi connectivity index (χ3n) is 10.3. The van der Waals surface area contributed by atoms with Crippen molar-refractivity contribution >= 4 is 33.2 Å². The second kappa shape index (κ2) is 13.4. The van der Waals surface area contributed by atoms with Crippen LogP contribution in [0.3, 0.4) is 0 Å². The topological polar surface area (TPSA) is 50.2 Å². The van der Waals surface area contributed by atoms with E-state index >= 15 is 0 Å². The minimum absolute atomic E-state index is 0.0388. The molecule has 0 spiro atoms. The summed E-state index contributed by atoms with van der Waals surface area (Å²) >= 11 is 0. The summed E-state index contributed by atoms with van der Waals surface area (Å²) in [5.74, 6) is 1.56. The van der Waals surface area contributed by atoms with Crippen molar-refractivity contribution < 1.29 is 0 Å². The average molecular weight is 691 g/mol. The predicted molar refractivity (Wildman–Crippen MR) is 223 cm³/mol. The van der Waals surface area contributed by atoms with Gasteiger partial charge in [0.2, 0.25) is 0 Å². The highest BCUT2D eigenvalue weighted by molar-refractivity contribution is 6.05. The number of hydrogen-bond donors (Lipinski definition) is 1. The van der Waals surface area contributed by atoms with Crippen molar-refractivity contribution in [3.8, 4) is 44.9 Å². The highest BCUT2D eigenvalue weighted by Gasteiger charge is 2.24. The zero-order valence-electron chi connectivity index (χ0n) is 29.4. The van der Waals surface area contributed by atoms with Gasteiger partial charge in [-0.25, -0.2) is 15.0 Å². The van der Waals surface area contributed by atoms with Crippen LogP contribution in [0.1, 0.15) is 22.7 Å². The van der Waals surface area contributed by atoms with Crippen LogP contribution >= 0.6 is 0 Å². The number of para-hydroxylation sites is 2. The standard InChI is InChI=1S/C50H34N4/c1-3-13-33(14-4-1)35-17-11-19-39(29-35)47-43-21-7-9-23-45(43)51-49(53-47)41-27-25-38-32-42(28-26-37(38)31-41)50-52-46-24-10-8-22-44(46)48(54-50)40-20-12-18-36(30-40)34-15-5-2-6-16-34/h1-32,47H,(H,51,53). The Bertz CT molecular complexity index is 2860. The summed E-state index contributed by atoms with van der Waals surface area (Å²) in [6.45, 7) is 0. The maximum absolute atomic E-state index is 5.22. The molecule has 4 heteroatoms. The van der Waals surface area contributed by atoms with Crippen LogP contribution in [-0.2, 0) is 0 Å². The van der Waals surface area contributed by atoms with E-state index in [1.807, 2.05) is 12.1 Å². The maximum atomic E-state index is 5.22. The zero-order chi connectivity index (χ0) is 35.8. The van der Waals surface area contributed by atoms with E-state index in [1.54, 1.807) is 0 Å². The van der Waals surface area contributed by atoms with E-state index in [-0.39, 0.29) is 6.04 Å². The Morgan fingerprint density at radius 2 is 1.02 bits per heavy atom. The molecule has 1 atom stereocenters. The van der Waals surface area contributed by atoms with Crippen LogP contribution in [0, 0.1) is 0 Å². The number of aromatic nitrogens is 2. The number of nitrogens with zero attached hydrogens (tertiary/aromatic N) is 3. The van der Waals surface area contributed by atoms with E-state index in [2.05, 4.69) is 187 Å². The van der Waals surface area contributed by atoms with Crippen molar-refractivity contribution in [1.29, 1.82) is 0 Å². The zero-order valence-corrected chi connectivity index (χ0v) is 29.4. The average Bonchev–Trinajstić information content (AvgIpc) is 3.26. The van der Waals surface area contributed by atoms with E-state index in [0.29, 0.717) is 5.82 Å². The van der Waals surface area contributed by atoms with Crippen molar-refractivity contribution in [2.75, 3.05) is 0 Å². The SMILES string of the molecule is c1ccc(-c2cccc(-c3nc(-c4ccc5cc(C6=Nc7ccccc7C(c7cccc(-c8ccccc8)c7)N6)ccc5c4)nc4ccccc34)c2)cc1. The van der Waals surface area contributed by atoms with Gasteiger partial charge in [0.25, 0.3) is 0 Å². The van der Waals surface area contributed by atoms with Crippen LogP contribution in [0.2, 0.25) is 0 Å². The molecule has 1 aliphatic rings. The van der Waals surface area contributed by atoms with E-state index in [0.717, 1.165) is 61.1 Å². The van der Waals surface area contributed by atoms with Crippen LogP contribution in [0.15, 0.2) is 199 Å². The Balaban J connectivity index is 1.00. The molecule has 0 bridgehead atoms. The molecule has 0 fully saturated rings. The molecular weight excluding hydrogens is 657 g/mol. The van der Waals surface area contributed by atoms with Gasteiger partial charge in [-0.1, -0.05) is 158 Å². The molecule has 10 rings (SSSR count). The first-order chi connectivity index (χ1) is 26.7. The smallest absolute Gasteiger partial charge is 0.160 e. The van der Waals surface area contributed by atoms with Gasteiger partial charge in [0.05, 0.1) is 22.9 Å². The molecule has 4 nitrogen and oxygen atoms in total. The summed E-state index contributed by atoms with van der Waals surface area (Å²) < 4.78 is 0. The van der Waals surface area contributed by atoms with Crippen molar-refractivity contribution in [2.45, 2.75) is 6.04 Å². The summed E-state index contributed by atoms with van der Waals surface area (Å²) in [6, 6.07) is 68.1. The van der Waals surface area contributed by atoms with Crippen LogP contribution in [0.25, 0.3) is 66.6 Å². The summed E-state index contributed by atoms with van der Waals surface area (Å²) in [5, 5.41) is 7.08. The highest BCUT2D eigenvalue weighted by atomic mass is 15.1. The molecule has 254 valence electrons. The fraction of sp³-hybridized carbons (Fsp3) is 0.0200. The Morgan fingerprint density at radius 1 is 0.407 bits per heavy atom. The second-order valence-electron chi connectivity index (χ2n) is 13.7. The molecule has 1 N–H and O–H groups in total. The van der Waals surface area contributed by atoms with Crippen LogP contribution in [0.5, 0.6) is 0 Å². The Kier molecular flexibility index (Phi) is 7.85. The van der Waals surface area contributed by atoms with E-state index < -0.39 is 0 Å². The lowest BCUT2D eigenvalue weighted by Crippen LogP contribution is -2.32. The highest BCUT2D eigenvalue weighted by Crippen LogP contribution is 2.37. The minimum Gasteiger partial charge on any atom is -0.359 e. The van der Waals surface area contributed by atoms with Gasteiger partial charge in [-0.3, -0.25) is 0 Å². The number of nitrogens with one attached hydrogen (secondary N) is 1. The van der Waals surface area contributed by atoms with Gasteiger partial charge >= 0.3 is 0 Å². The number of benzene rings is 8. The Morgan fingerprint density at radius 3 is 1.81 bits per heavy atom. The molecule has 0 saturated heterocycles. The fourth-order valence-electron chi connectivity index (χ4n) is 7.57. The lowest BCUT2D eigenvalue weighted by Gasteiger charge is -2.28. The molecule has 0 aliphatic carbocycles. The first kappa shape index (κ1) is 31.6. The number of fused-ring (bicyclic) bond motifs is 3. The van der Waals surface area contributed by atoms with Gasteiger partial charge in [-0.2, -0.15) is 0 Å². The van der Waals surface area contributed by atoms with Crippen molar-refractivity contribution in [3.63, 3.8) is 0 Å². The number of aliphatic imine (C=N–C) groups is 1. The molecule has 0 saturated carbocycles. The van der Waals surface area contributed by atoms with Crippen molar-refractivity contribution in [3.05, 3.63) is 211 Å². The third-order valence-corrected chi connectivity index (χ3v) is 10.3. The van der Waals surface area contributed by atoms with Crippen LogP contribution < -0.4 is 5.32 Å². The van der Waals surface area contributed by atoms with E-state index in [1.165, 1.54) is 27.8 Å². The molecule has 1 unspecified atom stereocenters. The predicted octanol–water partition coefficient (Wildman–Crippen LogP) is 12.2. The van der Waals surface area contributed by atoms with E-state index in [4.69, 9.17) is 15.0 Å². The van der Waals surface area contributed by atoms with Crippen molar-refractivity contribution in [2.24, 2.45) is 4.99 Å². The summed E-state index contributed by atoms with van der Waals surface area (Å²) in [6.07, 6.45) is 0. The van der Waals surface area contributed by atoms with Gasteiger partial charge in [-0.15, -0.1) is 0 Å². The van der Waals surface area contributed by atoms with Gasteiger partial charge in [0, 0.05) is 27.6 Å². The molecule has 8 aromatic carbocycles. The molecule has 54 heavy (non-hydrogen) atoms. The van der Waals surface area contributed by atoms with Gasteiger partial charge in [0.15, 0.2) is 5.82 Å². The summed E-state index contributed by atoms with van der Waals surface area (Å²) in [7, 11) is 0. The monoisotopic (exact) mass is 690 g/mol. The molecular formula is C50H34N4. The summed E-state index contributed by atoms with van der Waals surface area (Å²) in [4.78, 5) is 15.4. The van der Waals surface area contributed by atoms with Gasteiger partial charge < -0.3 is 5.32 Å².